The van der Waals surface area contributed by atoms with Crippen LogP contribution in [0.3, 0.4) is 0 Å². The Morgan fingerprint density at radius 2 is 1.86 bits per heavy atom. The van der Waals surface area contributed by atoms with Crippen LogP contribution >= 0.6 is 0 Å². The van der Waals surface area contributed by atoms with Gasteiger partial charge in [-0.1, -0.05) is 30.3 Å². The number of ether oxygens (including phenoxy) is 1. The third-order valence-electron chi connectivity index (χ3n) is 1.85. The van der Waals surface area contributed by atoms with Crippen LogP contribution in [0.1, 0.15) is 0 Å². The zero-order valence-corrected chi connectivity index (χ0v) is 7.21. The molecule has 2 aromatic carbocycles. The van der Waals surface area contributed by atoms with E-state index < -0.39 is 6.61 Å². The predicted octanol–water partition coefficient (Wildman–Crippen LogP) is 3.24. The van der Waals surface area contributed by atoms with Crippen molar-refractivity contribution in [1.82, 2.24) is 0 Å². The molecule has 0 aromatic heterocycles. The Bertz CT molecular complexity index is 440. The molecular formula is C11H7F2O. The lowest BCUT2D eigenvalue weighted by molar-refractivity contribution is -0.0499. The smallest absolute Gasteiger partial charge is 0.387 e. The summed E-state index contributed by atoms with van der Waals surface area (Å²) in [4.78, 5) is 0. The first-order chi connectivity index (χ1) is 6.75. The van der Waals surface area contributed by atoms with Crippen molar-refractivity contribution in [1.29, 1.82) is 0 Å². The van der Waals surface area contributed by atoms with E-state index in [0.717, 1.165) is 10.8 Å². The molecule has 0 unspecified atom stereocenters. The summed E-state index contributed by atoms with van der Waals surface area (Å²) >= 11 is 0. The van der Waals surface area contributed by atoms with Gasteiger partial charge >= 0.3 is 6.61 Å². The number of benzene rings is 2. The Hall–Kier alpha value is -1.64. The van der Waals surface area contributed by atoms with Crippen LogP contribution in [0.15, 0.2) is 36.4 Å². The van der Waals surface area contributed by atoms with Gasteiger partial charge in [0.15, 0.2) is 0 Å². The van der Waals surface area contributed by atoms with E-state index in [4.69, 9.17) is 0 Å². The Morgan fingerprint density at radius 1 is 1.07 bits per heavy atom. The predicted molar refractivity (Wildman–Crippen MR) is 49.4 cm³/mol. The summed E-state index contributed by atoms with van der Waals surface area (Å²) in [5.74, 6) is 0.0682. The van der Waals surface area contributed by atoms with E-state index in [0.29, 0.717) is 0 Å². The third kappa shape index (κ3) is 1.82. The summed E-state index contributed by atoms with van der Waals surface area (Å²) < 4.78 is 28.0. The van der Waals surface area contributed by atoms with E-state index in [9.17, 15) is 8.78 Å². The van der Waals surface area contributed by atoms with Crippen LogP contribution in [-0.2, 0) is 0 Å². The van der Waals surface area contributed by atoms with Crippen molar-refractivity contribution in [3.63, 3.8) is 0 Å². The van der Waals surface area contributed by atoms with Gasteiger partial charge in [0.1, 0.15) is 5.75 Å². The summed E-state index contributed by atoms with van der Waals surface area (Å²) in [5, 5.41) is 1.72. The Balaban J connectivity index is 2.41. The van der Waals surface area contributed by atoms with Gasteiger partial charge in [0, 0.05) is 6.07 Å². The highest BCUT2D eigenvalue weighted by atomic mass is 19.3. The molecule has 0 saturated heterocycles. The van der Waals surface area contributed by atoms with E-state index in [1.54, 1.807) is 12.1 Å². The molecular weight excluding hydrogens is 186 g/mol. The largest absolute Gasteiger partial charge is 0.434 e. The van der Waals surface area contributed by atoms with E-state index in [1.165, 1.54) is 6.07 Å². The summed E-state index contributed by atoms with van der Waals surface area (Å²) in [6.07, 6.45) is 0. The summed E-state index contributed by atoms with van der Waals surface area (Å²) in [6.45, 7) is -2.80. The molecule has 0 amide bonds. The second-order valence-corrected chi connectivity index (χ2v) is 2.79. The van der Waals surface area contributed by atoms with Crippen molar-refractivity contribution in [3.05, 3.63) is 42.5 Å². The Labute approximate surface area is 79.9 Å². The molecule has 0 heterocycles. The van der Waals surface area contributed by atoms with Crippen LogP contribution in [0.25, 0.3) is 10.8 Å². The number of hydrogen-bond donors (Lipinski definition) is 0. The van der Waals surface area contributed by atoms with Crippen LogP contribution in [0.2, 0.25) is 0 Å². The normalized spacial score (nSPS) is 10.8. The topological polar surface area (TPSA) is 9.23 Å². The quantitative estimate of drug-likeness (QED) is 0.711. The van der Waals surface area contributed by atoms with Gasteiger partial charge in [0.2, 0.25) is 0 Å². The number of fused-ring (bicyclic) bond motifs is 1. The highest BCUT2D eigenvalue weighted by Crippen LogP contribution is 2.20. The standard InChI is InChI=1S/C11H7F2O/c12-11(13)14-10-6-5-8-3-1-2-4-9(8)7-10/h1-6,11H. The van der Waals surface area contributed by atoms with Crippen LogP contribution in [0, 0.1) is 6.07 Å². The first kappa shape index (κ1) is 8.94. The van der Waals surface area contributed by atoms with Gasteiger partial charge in [-0.2, -0.15) is 8.78 Å². The van der Waals surface area contributed by atoms with Gasteiger partial charge in [-0.15, -0.1) is 0 Å². The SMILES string of the molecule is FC(F)Oc1[c]c2ccccc2cc1. The van der Waals surface area contributed by atoms with Crippen LogP contribution in [0.5, 0.6) is 5.75 Å². The Kier molecular flexibility index (Phi) is 2.31. The maximum atomic E-state index is 11.9. The molecule has 3 heteroatoms. The lowest BCUT2D eigenvalue weighted by atomic mass is 10.1. The fraction of sp³-hybridized carbons (Fsp3) is 0.0909. The number of hydrogen-bond acceptors (Lipinski definition) is 1. The summed E-state index contributed by atoms with van der Waals surface area (Å²) in [6, 6.07) is 13.4. The van der Waals surface area contributed by atoms with Crippen molar-refractivity contribution < 1.29 is 13.5 Å². The van der Waals surface area contributed by atoms with Gasteiger partial charge in [-0.25, -0.2) is 0 Å². The van der Waals surface area contributed by atoms with E-state index in [2.05, 4.69) is 10.8 Å². The van der Waals surface area contributed by atoms with Crippen molar-refractivity contribution >= 4 is 10.8 Å². The number of halogens is 2. The molecule has 0 bridgehead atoms. The molecule has 1 nitrogen and oxygen atoms in total. The molecule has 0 fully saturated rings. The highest BCUT2D eigenvalue weighted by Gasteiger charge is 2.04. The lowest BCUT2D eigenvalue weighted by Gasteiger charge is -2.04. The van der Waals surface area contributed by atoms with Crippen molar-refractivity contribution in [3.8, 4) is 5.75 Å². The van der Waals surface area contributed by atoms with Gasteiger partial charge < -0.3 is 4.74 Å². The minimum Gasteiger partial charge on any atom is -0.434 e. The molecule has 1 radical (unpaired) electrons. The molecule has 0 aliphatic heterocycles. The van der Waals surface area contributed by atoms with Crippen molar-refractivity contribution in [2.24, 2.45) is 0 Å². The zero-order valence-electron chi connectivity index (χ0n) is 7.21. The fourth-order valence-corrected chi connectivity index (χ4v) is 1.26. The van der Waals surface area contributed by atoms with Gasteiger partial charge in [0.05, 0.1) is 0 Å². The summed E-state index contributed by atoms with van der Waals surface area (Å²) in [5.41, 5.74) is 0. The molecule has 14 heavy (non-hydrogen) atoms. The molecule has 0 N–H and O–H groups in total. The van der Waals surface area contributed by atoms with Crippen LogP contribution < -0.4 is 4.74 Å². The minimum atomic E-state index is -2.80. The molecule has 0 atom stereocenters. The van der Waals surface area contributed by atoms with E-state index >= 15 is 0 Å². The van der Waals surface area contributed by atoms with Crippen molar-refractivity contribution in [2.45, 2.75) is 6.61 Å². The average Bonchev–Trinajstić information content (AvgIpc) is 2.17. The van der Waals surface area contributed by atoms with Gasteiger partial charge in [0.25, 0.3) is 0 Å². The Morgan fingerprint density at radius 3 is 2.64 bits per heavy atom. The maximum Gasteiger partial charge on any atom is 0.387 e. The second-order valence-electron chi connectivity index (χ2n) is 2.79. The minimum absolute atomic E-state index is 0.0682. The summed E-state index contributed by atoms with van der Waals surface area (Å²) in [7, 11) is 0. The van der Waals surface area contributed by atoms with E-state index in [1.807, 2.05) is 18.2 Å². The number of alkyl halides is 2. The molecule has 0 saturated carbocycles. The highest BCUT2D eigenvalue weighted by molar-refractivity contribution is 5.83. The van der Waals surface area contributed by atoms with Crippen LogP contribution in [-0.4, -0.2) is 6.61 Å². The third-order valence-corrected chi connectivity index (χ3v) is 1.85. The second kappa shape index (κ2) is 3.62. The average molecular weight is 193 g/mol. The molecule has 2 aromatic rings. The molecule has 0 spiro atoms. The molecule has 71 valence electrons. The number of rotatable bonds is 2. The zero-order chi connectivity index (χ0) is 9.97. The lowest BCUT2D eigenvalue weighted by Crippen LogP contribution is -2.01. The van der Waals surface area contributed by atoms with Gasteiger partial charge in [-0.05, 0) is 16.8 Å². The molecule has 0 aliphatic carbocycles. The first-order valence-electron chi connectivity index (χ1n) is 4.11. The molecule has 2 rings (SSSR count). The van der Waals surface area contributed by atoms with E-state index in [-0.39, 0.29) is 5.75 Å². The first-order valence-corrected chi connectivity index (χ1v) is 4.11. The van der Waals surface area contributed by atoms with Crippen LogP contribution in [0.4, 0.5) is 8.78 Å². The molecule has 0 aliphatic rings. The van der Waals surface area contributed by atoms with Gasteiger partial charge in [-0.3, -0.25) is 0 Å². The maximum absolute atomic E-state index is 11.9. The fourth-order valence-electron chi connectivity index (χ4n) is 1.26. The monoisotopic (exact) mass is 193 g/mol. The van der Waals surface area contributed by atoms with Crippen molar-refractivity contribution in [2.75, 3.05) is 0 Å².